The number of carboxylic acid groups (broad SMARTS) is 1. The number of halogens is 1. The van der Waals surface area contributed by atoms with Crippen molar-refractivity contribution in [3.05, 3.63) is 48.6 Å². The van der Waals surface area contributed by atoms with Crippen molar-refractivity contribution in [3.8, 4) is 0 Å². The molecular weight excluding hydrogens is 508 g/mol. The molecule has 0 radical (unpaired) electrons. The van der Waals surface area contributed by atoms with E-state index in [0.29, 0.717) is 18.5 Å². The summed E-state index contributed by atoms with van der Waals surface area (Å²) in [4.78, 5) is 43.4. The van der Waals surface area contributed by atoms with Crippen LogP contribution in [-0.4, -0.2) is 77.9 Å². The van der Waals surface area contributed by atoms with Gasteiger partial charge in [-0.3, -0.25) is 14.4 Å². The first-order valence-corrected chi connectivity index (χ1v) is 12.9. The number of aliphatic hydroxyl groups excluding tert-OH is 1. The van der Waals surface area contributed by atoms with Gasteiger partial charge in [-0.2, -0.15) is 0 Å². The lowest BCUT2D eigenvalue weighted by molar-refractivity contribution is -0.150. The van der Waals surface area contributed by atoms with E-state index in [1.54, 1.807) is 11.0 Å². The second-order valence-corrected chi connectivity index (χ2v) is 11.9. The summed E-state index contributed by atoms with van der Waals surface area (Å²) >= 11 is 5.11. The smallest absolute Gasteiger partial charge is 0.308 e. The van der Waals surface area contributed by atoms with E-state index >= 15 is 0 Å². The number of benzene rings is 1. The number of carbonyl (C=O) groups is 3. The third-order valence-electron chi connectivity index (χ3n) is 7.17. The monoisotopic (exact) mass is 536 g/mol. The van der Waals surface area contributed by atoms with Crippen LogP contribution in [0, 0.1) is 11.8 Å². The second-order valence-electron chi connectivity index (χ2n) is 9.23. The Kier molecular flexibility index (Phi) is 6.68. The zero-order valence-corrected chi connectivity index (χ0v) is 21.0. The molecule has 7 nitrogen and oxygen atoms in total. The van der Waals surface area contributed by atoms with Crippen LogP contribution in [0.25, 0.3) is 0 Å². The summed E-state index contributed by atoms with van der Waals surface area (Å²) in [6, 6.07) is 7.37. The minimum absolute atomic E-state index is 0.112. The molecule has 3 unspecified atom stereocenters. The van der Waals surface area contributed by atoms with Gasteiger partial charge in [-0.05, 0) is 25.8 Å². The molecule has 0 aromatic heterocycles. The van der Waals surface area contributed by atoms with Crippen molar-refractivity contribution in [1.29, 1.82) is 0 Å². The quantitative estimate of drug-likeness (QED) is 0.391. The third-order valence-corrected chi connectivity index (χ3v) is 10.4. The Bertz CT molecular complexity index is 959. The highest BCUT2D eigenvalue weighted by atomic mass is 79.9. The zero-order chi connectivity index (χ0) is 24.1. The van der Waals surface area contributed by atoms with Gasteiger partial charge in [0.25, 0.3) is 0 Å². The molecule has 3 aliphatic rings. The lowest BCUT2D eigenvalue weighted by Crippen LogP contribution is -2.57. The number of fused-ring (bicyclic) bond motifs is 1. The third kappa shape index (κ3) is 3.63. The van der Waals surface area contributed by atoms with E-state index < -0.39 is 34.6 Å². The fraction of sp³-hybridized carbons (Fsp3) is 0.542. The Hall–Kier alpha value is -1.84. The molecule has 178 valence electrons. The van der Waals surface area contributed by atoms with Gasteiger partial charge in [0.15, 0.2) is 0 Å². The van der Waals surface area contributed by atoms with Crippen LogP contribution in [-0.2, 0) is 14.4 Å². The fourth-order valence-electron chi connectivity index (χ4n) is 5.85. The van der Waals surface area contributed by atoms with Gasteiger partial charge < -0.3 is 20.0 Å². The van der Waals surface area contributed by atoms with Gasteiger partial charge in [-0.15, -0.1) is 18.3 Å². The predicted octanol–water partition coefficient (Wildman–Crippen LogP) is 2.69. The van der Waals surface area contributed by atoms with Crippen molar-refractivity contribution in [2.75, 3.05) is 13.2 Å². The first-order valence-electron chi connectivity index (χ1n) is 11.1. The van der Waals surface area contributed by atoms with Crippen molar-refractivity contribution in [2.24, 2.45) is 11.8 Å². The highest BCUT2D eigenvalue weighted by molar-refractivity contribution is 9.09. The summed E-state index contributed by atoms with van der Waals surface area (Å²) in [6.07, 6.45) is 2.17. The van der Waals surface area contributed by atoms with E-state index in [2.05, 4.69) is 22.5 Å². The van der Waals surface area contributed by atoms with Crippen LogP contribution < -0.4 is 0 Å². The number of nitrogens with zero attached hydrogens (tertiary/aromatic N) is 2. The summed E-state index contributed by atoms with van der Waals surface area (Å²) in [5.41, 5.74) is 0.712. The molecule has 3 aliphatic heterocycles. The minimum Gasteiger partial charge on any atom is -0.481 e. The molecule has 9 heteroatoms. The number of aliphatic carboxylic acids is 1. The number of thioether (sulfide) groups is 1. The van der Waals surface area contributed by atoms with E-state index in [4.69, 9.17) is 0 Å². The summed E-state index contributed by atoms with van der Waals surface area (Å²) in [7, 11) is 0. The normalized spacial score (nSPS) is 33.3. The molecular formula is C24H29BrN2O5S. The zero-order valence-electron chi connectivity index (χ0n) is 18.6. The van der Waals surface area contributed by atoms with Crippen LogP contribution >= 0.6 is 27.7 Å². The number of hydrogen-bond acceptors (Lipinski definition) is 5. The Labute approximate surface area is 206 Å². The molecule has 0 saturated carbocycles. The van der Waals surface area contributed by atoms with Crippen molar-refractivity contribution in [2.45, 2.75) is 53.2 Å². The molecule has 1 aromatic rings. The van der Waals surface area contributed by atoms with Gasteiger partial charge >= 0.3 is 5.97 Å². The molecule has 1 aromatic carbocycles. The Morgan fingerprint density at radius 2 is 2.03 bits per heavy atom. The second kappa shape index (κ2) is 9.07. The summed E-state index contributed by atoms with van der Waals surface area (Å²) in [5, 5.41) is 20.2. The Morgan fingerprint density at radius 3 is 2.58 bits per heavy atom. The lowest BCUT2D eigenvalue weighted by atomic mass is 9.71. The van der Waals surface area contributed by atoms with E-state index in [1.807, 2.05) is 44.2 Å². The topological polar surface area (TPSA) is 98.2 Å². The van der Waals surface area contributed by atoms with Crippen molar-refractivity contribution in [1.82, 2.24) is 9.80 Å². The van der Waals surface area contributed by atoms with Crippen LogP contribution in [0.3, 0.4) is 0 Å². The van der Waals surface area contributed by atoms with E-state index in [9.17, 15) is 24.6 Å². The number of carboxylic acids is 1. The number of rotatable bonds is 8. The van der Waals surface area contributed by atoms with Crippen LogP contribution in [0.1, 0.15) is 31.9 Å². The van der Waals surface area contributed by atoms with Crippen LogP contribution in [0.4, 0.5) is 0 Å². The summed E-state index contributed by atoms with van der Waals surface area (Å²) in [5.74, 6) is -3.31. The lowest BCUT2D eigenvalue weighted by Gasteiger charge is -2.41. The average Bonchev–Trinajstić information content (AvgIpc) is 3.37. The molecule has 2 bridgehead atoms. The maximum atomic E-state index is 14.1. The van der Waals surface area contributed by atoms with Crippen LogP contribution in [0.2, 0.25) is 0 Å². The van der Waals surface area contributed by atoms with Crippen LogP contribution in [0.15, 0.2) is 43.0 Å². The van der Waals surface area contributed by atoms with Crippen molar-refractivity contribution >= 4 is 45.5 Å². The van der Waals surface area contributed by atoms with E-state index in [0.717, 1.165) is 0 Å². The predicted molar refractivity (Wildman–Crippen MR) is 130 cm³/mol. The van der Waals surface area contributed by atoms with Crippen molar-refractivity contribution < 1.29 is 24.6 Å². The number of aliphatic hydroxyl groups is 1. The number of alkyl halides is 1. The molecule has 2 N–H and O–H groups in total. The Balaban J connectivity index is 1.88. The summed E-state index contributed by atoms with van der Waals surface area (Å²) < 4.78 is -0.868. The molecule has 1 spiro atoms. The standard InChI is InChI=1S/C24H29BrN2O5S/c1-4-10-26(13(2)3)22(30)20-24-11-15(25)19(33-24)17(23(31)32)18(24)21(29)27(20)16(12-28)14-8-6-5-7-9-14/h4-9,13,15-20,28H,1,10-12H2,2-3H3,(H,31,32)/t15?,16-,17+,18+,19+,20?,24?/m1/s1. The maximum absolute atomic E-state index is 14.1. The van der Waals surface area contributed by atoms with Crippen LogP contribution in [0.5, 0.6) is 0 Å². The molecule has 0 aliphatic carbocycles. The minimum atomic E-state index is -1.02. The molecule has 3 saturated heterocycles. The van der Waals surface area contributed by atoms with Crippen molar-refractivity contribution in [3.63, 3.8) is 0 Å². The van der Waals surface area contributed by atoms with E-state index in [-0.39, 0.29) is 34.5 Å². The average molecular weight is 537 g/mol. The number of carbonyl (C=O) groups excluding carboxylic acids is 2. The highest BCUT2D eigenvalue weighted by Gasteiger charge is 2.76. The first kappa shape index (κ1) is 24.3. The molecule has 33 heavy (non-hydrogen) atoms. The van der Waals surface area contributed by atoms with Gasteiger partial charge in [0.05, 0.1) is 29.2 Å². The fourth-order valence-corrected chi connectivity index (χ4v) is 9.43. The van der Waals surface area contributed by atoms with Gasteiger partial charge in [0.2, 0.25) is 11.8 Å². The molecule has 3 heterocycles. The van der Waals surface area contributed by atoms with E-state index in [1.165, 1.54) is 16.7 Å². The molecule has 3 fully saturated rings. The Morgan fingerprint density at radius 1 is 1.36 bits per heavy atom. The first-order chi connectivity index (χ1) is 15.7. The molecule has 4 rings (SSSR count). The van der Waals surface area contributed by atoms with Gasteiger partial charge in [0.1, 0.15) is 6.04 Å². The van der Waals surface area contributed by atoms with Gasteiger partial charge in [-0.25, -0.2) is 0 Å². The van der Waals surface area contributed by atoms with Gasteiger partial charge in [-0.1, -0.05) is 52.3 Å². The largest absolute Gasteiger partial charge is 0.481 e. The van der Waals surface area contributed by atoms with Gasteiger partial charge in [0, 0.05) is 22.7 Å². The SMILES string of the molecule is C=CCN(C(=O)C1N([C@H](CO)c2ccccc2)C(=O)[C@@H]2[C@H](C(=O)O)[C@H]3SC12CC3Br)C(C)C. The molecule has 7 atom stereocenters. The maximum Gasteiger partial charge on any atom is 0.308 e. The summed E-state index contributed by atoms with van der Waals surface area (Å²) in [6.45, 7) is 7.55. The number of likely N-dealkylation sites (tertiary alicyclic amines) is 1. The number of amides is 2. The number of hydrogen-bond donors (Lipinski definition) is 2. The highest BCUT2D eigenvalue weighted by Crippen LogP contribution is 2.68. The molecule has 2 amide bonds.